The van der Waals surface area contributed by atoms with Gasteiger partial charge in [-0.25, -0.2) is 8.78 Å². The number of nitrogens with zero attached hydrogens (tertiary/aromatic N) is 2. The molecular weight excluding hydrogens is 1360 g/mol. The second-order valence-electron chi connectivity index (χ2n) is 16.8. The van der Waals surface area contributed by atoms with Gasteiger partial charge in [0.1, 0.15) is 48.7 Å². The van der Waals surface area contributed by atoms with Gasteiger partial charge in [-0.3, -0.25) is 23.5 Å². The van der Waals surface area contributed by atoms with Crippen LogP contribution in [0.1, 0.15) is 16.7 Å². The minimum atomic E-state index is -1.51. The Morgan fingerprint density at radius 2 is 0.819 bits per heavy atom. The molecular formula is C57H61B2Br2F2N3O13V4. The van der Waals surface area contributed by atoms with E-state index in [2.05, 4.69) is 36.8 Å². The number of aryl methyl sites for hydroxylation is 3. The first-order valence-electron chi connectivity index (χ1n) is 24.2. The molecule has 436 valence electrons. The van der Waals surface area contributed by atoms with Gasteiger partial charge in [-0.1, -0.05) is 36.4 Å². The molecule has 16 nitrogen and oxygen atoms in total. The molecule has 0 amide bonds. The van der Waals surface area contributed by atoms with Crippen LogP contribution in [0, 0.1) is 32.4 Å². The van der Waals surface area contributed by atoms with E-state index in [-0.39, 0.29) is 103 Å². The van der Waals surface area contributed by atoms with Crippen LogP contribution in [0.2, 0.25) is 0 Å². The molecule has 83 heavy (non-hydrogen) atoms. The summed E-state index contributed by atoms with van der Waals surface area (Å²) in [6, 6.07) is 37.2. The third-order valence-corrected chi connectivity index (χ3v) is 12.6. The van der Waals surface area contributed by atoms with E-state index in [1.165, 1.54) is 36.4 Å². The van der Waals surface area contributed by atoms with Gasteiger partial charge < -0.3 is 53.5 Å². The SMILES string of the molecule is COCCOc1ccc(-n2cc(-c3ccc(F)cc3)c(C)cc2=O)cc1.COCCOc1ccc(-n2cc(Br)c(C)cc2=O)cc1.COCCOc1ccc(B(O)O)cc1.Cc1cc(=O)[nH]cc1Br.OB(O)c1ccc(F)cc1.[V].[V].[V].[V]. The van der Waals surface area contributed by atoms with Gasteiger partial charge in [-0.05, 0) is 171 Å². The zero-order valence-electron chi connectivity index (χ0n) is 46.1. The maximum absolute atomic E-state index is 13.2. The zero-order valence-corrected chi connectivity index (χ0v) is 54.8. The molecule has 8 aromatic rings. The molecule has 0 aliphatic rings. The minimum Gasteiger partial charge on any atom is -0.491 e. The molecule has 0 unspecified atom stereocenters. The molecule has 3 heterocycles. The number of halogens is 4. The van der Waals surface area contributed by atoms with E-state index in [9.17, 15) is 23.2 Å². The summed E-state index contributed by atoms with van der Waals surface area (Å²) in [5.41, 5.74) is 6.50. The quantitative estimate of drug-likeness (QED) is 0.0450. The molecule has 5 aromatic carbocycles. The Hall–Kier alpha value is -4.64. The molecule has 0 fully saturated rings. The van der Waals surface area contributed by atoms with Crippen molar-refractivity contribution in [2.75, 3.05) is 61.0 Å². The van der Waals surface area contributed by atoms with Gasteiger partial charge in [-0.15, -0.1) is 0 Å². The van der Waals surface area contributed by atoms with E-state index >= 15 is 0 Å². The molecule has 3 aromatic heterocycles. The van der Waals surface area contributed by atoms with Crippen LogP contribution in [0.15, 0.2) is 181 Å². The fourth-order valence-corrected chi connectivity index (χ4v) is 7.17. The van der Waals surface area contributed by atoms with Crippen molar-refractivity contribution in [1.82, 2.24) is 14.1 Å². The number of methoxy groups -OCH3 is 3. The topological polar surface area (TPSA) is 213 Å². The maximum Gasteiger partial charge on any atom is 0.488 e. The van der Waals surface area contributed by atoms with Crippen LogP contribution in [0.3, 0.4) is 0 Å². The van der Waals surface area contributed by atoms with Crippen molar-refractivity contribution in [2.45, 2.75) is 20.8 Å². The number of hydrogen-bond acceptors (Lipinski definition) is 13. The Kier molecular flexibility index (Phi) is 39.9. The molecule has 0 aliphatic heterocycles. The smallest absolute Gasteiger partial charge is 0.488 e. The van der Waals surface area contributed by atoms with Crippen molar-refractivity contribution in [3.05, 3.63) is 226 Å². The van der Waals surface area contributed by atoms with Crippen LogP contribution < -0.4 is 41.8 Å². The number of pyridine rings is 3. The first kappa shape index (κ1) is 78.4. The summed E-state index contributed by atoms with van der Waals surface area (Å²) < 4.78 is 61.4. The predicted octanol–water partition coefficient (Wildman–Crippen LogP) is 7.24. The fourth-order valence-electron chi connectivity index (χ4n) is 6.63. The van der Waals surface area contributed by atoms with Gasteiger partial charge in [0.2, 0.25) is 5.56 Å². The molecule has 4 radical (unpaired) electrons. The van der Waals surface area contributed by atoms with Gasteiger partial charge in [0.25, 0.3) is 11.1 Å². The van der Waals surface area contributed by atoms with Crippen LogP contribution in [-0.2, 0) is 88.4 Å². The van der Waals surface area contributed by atoms with Crippen molar-refractivity contribution in [3.63, 3.8) is 0 Å². The van der Waals surface area contributed by atoms with Gasteiger partial charge in [0.15, 0.2) is 0 Å². The summed E-state index contributed by atoms with van der Waals surface area (Å²) in [5, 5.41) is 34.7. The largest absolute Gasteiger partial charge is 0.491 e. The van der Waals surface area contributed by atoms with E-state index in [0.29, 0.717) is 62.1 Å². The Morgan fingerprint density at radius 1 is 0.470 bits per heavy atom. The van der Waals surface area contributed by atoms with Gasteiger partial charge in [0.05, 0.1) is 19.8 Å². The monoisotopic (exact) mass is 1420 g/mol. The molecule has 0 saturated heterocycles. The van der Waals surface area contributed by atoms with Crippen LogP contribution in [0.4, 0.5) is 8.78 Å². The number of ether oxygens (including phenoxy) is 6. The normalized spacial score (nSPS) is 9.76. The first-order chi connectivity index (χ1) is 37.8. The van der Waals surface area contributed by atoms with E-state index in [1.807, 2.05) is 69.3 Å². The molecule has 26 heteroatoms. The first-order valence-corrected chi connectivity index (χ1v) is 25.8. The number of H-pyrrole nitrogens is 1. The maximum atomic E-state index is 13.2. The Morgan fingerprint density at radius 3 is 1.19 bits per heavy atom. The number of aromatic amines is 1. The number of rotatable bonds is 17. The summed E-state index contributed by atoms with van der Waals surface area (Å²) >= 11 is 6.69. The van der Waals surface area contributed by atoms with E-state index in [4.69, 9.17) is 48.5 Å². The van der Waals surface area contributed by atoms with Gasteiger partial charge in [-0.2, -0.15) is 0 Å². The van der Waals surface area contributed by atoms with Gasteiger partial charge in [0, 0.05) is 158 Å². The Labute approximate surface area is 546 Å². The summed E-state index contributed by atoms with van der Waals surface area (Å²) in [5.74, 6) is 1.48. The number of hydrogen-bond donors (Lipinski definition) is 5. The van der Waals surface area contributed by atoms with Crippen LogP contribution in [0.5, 0.6) is 17.2 Å². The van der Waals surface area contributed by atoms with Gasteiger partial charge >= 0.3 is 14.2 Å². The Bertz CT molecular complexity index is 3280. The van der Waals surface area contributed by atoms with Crippen molar-refractivity contribution in [3.8, 4) is 39.8 Å². The summed E-state index contributed by atoms with van der Waals surface area (Å²) in [7, 11) is 1.92. The molecule has 8 rings (SSSR count). The number of aromatic nitrogens is 3. The second-order valence-corrected chi connectivity index (χ2v) is 18.5. The number of nitrogens with one attached hydrogen (secondary N) is 1. The molecule has 0 atom stereocenters. The van der Waals surface area contributed by atoms with Crippen molar-refractivity contribution >= 4 is 57.0 Å². The van der Waals surface area contributed by atoms with E-state index in [1.54, 1.807) is 104 Å². The molecule has 0 bridgehead atoms. The summed E-state index contributed by atoms with van der Waals surface area (Å²) in [4.78, 5) is 37.5. The minimum absolute atomic E-state index is 0. The molecule has 0 aliphatic carbocycles. The third kappa shape index (κ3) is 28.0. The average Bonchev–Trinajstić information content (AvgIpc) is 3.43. The molecule has 5 N–H and O–H groups in total. The molecule has 0 saturated carbocycles. The third-order valence-electron chi connectivity index (χ3n) is 10.9. The van der Waals surface area contributed by atoms with E-state index < -0.39 is 14.2 Å². The van der Waals surface area contributed by atoms with Crippen molar-refractivity contribution in [1.29, 1.82) is 0 Å². The van der Waals surface area contributed by atoms with Crippen molar-refractivity contribution in [2.24, 2.45) is 0 Å². The summed E-state index contributed by atoms with van der Waals surface area (Å²) in [6.07, 6.45) is 5.20. The summed E-state index contributed by atoms with van der Waals surface area (Å²) in [6.45, 7) is 8.69. The average molecular weight is 1420 g/mol. The predicted molar refractivity (Wildman–Crippen MR) is 311 cm³/mol. The molecule has 0 spiro atoms. The van der Waals surface area contributed by atoms with Crippen LogP contribution >= 0.6 is 31.9 Å². The zero-order chi connectivity index (χ0) is 57.9. The standard InChI is InChI=1S/C21H20FNO3.C15H16BrNO3.C9H13BO4.C6H6BFO2.C6H6BrNO.4V/c1-15-13-21(24)23(14-20(15)16-3-5-17(22)6-4-16)18-7-9-19(10-8-18)26-12-11-25-2;1-11-9-15(18)17(10-14(11)16)12-3-5-13(6-4-12)20-8-7-19-2;1-13-6-7-14-9-4-2-8(3-5-9)10(11)12;8-6-3-1-5(2-4-6)7(9)10;1-4-2-6(9)8-3-5(4)7;;;;/h3-10,13-14H,11-12H2,1-2H3;3-6,9-10H,7-8H2,1-2H3;2-5,11-12H,6-7H2,1H3;1-4,9-10H;2-3H,1H3,(H,8,9);;;;. The fraction of sp³-hybridized carbons (Fsp3) is 0.211. The number of benzene rings is 5. The Balaban J connectivity index is 0.00000105. The van der Waals surface area contributed by atoms with Crippen molar-refractivity contribution < 1.29 is 132 Å². The van der Waals surface area contributed by atoms with Crippen LogP contribution in [-0.4, -0.2) is 109 Å². The van der Waals surface area contributed by atoms with E-state index in [0.717, 1.165) is 53.9 Å². The van der Waals surface area contributed by atoms with Crippen LogP contribution in [0.25, 0.3) is 22.5 Å². The second kappa shape index (κ2) is 42.2.